The van der Waals surface area contributed by atoms with Gasteiger partial charge in [0.2, 0.25) is 0 Å². The molecule has 2 saturated carbocycles. The van der Waals surface area contributed by atoms with Gasteiger partial charge < -0.3 is 26.0 Å². The van der Waals surface area contributed by atoms with Crippen molar-refractivity contribution in [3.8, 4) is 0 Å². The number of carboxylic acids is 3. The van der Waals surface area contributed by atoms with E-state index in [4.69, 9.17) is 24.9 Å². The van der Waals surface area contributed by atoms with Crippen LogP contribution in [0.5, 0.6) is 0 Å². The minimum absolute atomic E-state index is 0.348. The third kappa shape index (κ3) is 14.0. The molecular formula is C32H38F6N2O6. The SMILES string of the molecule is CC/C(=C\c1ccccc1)[C@@H]1C[C@H]1NCC1CCC(NCc2ccc(C(=O)O)cc2)CC1.O=C(O)C(F)(F)F.O=C(O)C(F)(F)F. The molecule has 0 saturated heterocycles. The molecule has 0 aromatic heterocycles. The third-order valence-electron chi connectivity index (χ3n) is 7.62. The van der Waals surface area contributed by atoms with Crippen molar-refractivity contribution in [2.45, 2.75) is 76.4 Å². The van der Waals surface area contributed by atoms with Crippen molar-refractivity contribution in [2.24, 2.45) is 11.8 Å². The molecule has 2 fully saturated rings. The summed E-state index contributed by atoms with van der Waals surface area (Å²) in [4.78, 5) is 28.8. The van der Waals surface area contributed by atoms with E-state index in [1.165, 1.54) is 37.7 Å². The zero-order valence-corrected chi connectivity index (χ0v) is 25.1. The van der Waals surface area contributed by atoms with E-state index in [9.17, 15) is 31.1 Å². The van der Waals surface area contributed by atoms with E-state index in [2.05, 4.69) is 54.0 Å². The Morgan fingerprint density at radius 2 is 1.33 bits per heavy atom. The van der Waals surface area contributed by atoms with Gasteiger partial charge in [0.1, 0.15) is 0 Å². The van der Waals surface area contributed by atoms with Gasteiger partial charge in [-0.1, -0.05) is 61.0 Å². The van der Waals surface area contributed by atoms with Crippen LogP contribution in [0, 0.1) is 11.8 Å². The Morgan fingerprint density at radius 3 is 1.78 bits per heavy atom. The zero-order chi connectivity index (χ0) is 34.5. The first-order chi connectivity index (χ1) is 21.5. The monoisotopic (exact) mass is 660 g/mol. The predicted octanol–water partition coefficient (Wildman–Crippen LogP) is 6.77. The Balaban J connectivity index is 0.000000440. The number of aliphatic carboxylic acids is 2. The third-order valence-corrected chi connectivity index (χ3v) is 7.62. The smallest absolute Gasteiger partial charge is 0.478 e. The van der Waals surface area contributed by atoms with E-state index in [1.807, 2.05) is 12.1 Å². The summed E-state index contributed by atoms with van der Waals surface area (Å²) in [5.74, 6) is -4.88. The molecule has 0 radical (unpaired) electrons. The molecule has 5 N–H and O–H groups in total. The van der Waals surface area contributed by atoms with Gasteiger partial charge in [0.05, 0.1) is 5.56 Å². The minimum Gasteiger partial charge on any atom is -0.478 e. The molecule has 0 bridgehead atoms. The van der Waals surface area contributed by atoms with Gasteiger partial charge in [0, 0.05) is 18.6 Å². The van der Waals surface area contributed by atoms with Crippen molar-refractivity contribution >= 4 is 24.0 Å². The van der Waals surface area contributed by atoms with Crippen LogP contribution in [0.4, 0.5) is 26.3 Å². The molecule has 0 unspecified atom stereocenters. The second-order valence-corrected chi connectivity index (χ2v) is 11.0. The van der Waals surface area contributed by atoms with Crippen LogP contribution in [0.2, 0.25) is 0 Å². The summed E-state index contributed by atoms with van der Waals surface area (Å²) >= 11 is 0. The molecule has 4 rings (SSSR count). The normalized spacial score (nSPS) is 21.2. The molecule has 46 heavy (non-hydrogen) atoms. The van der Waals surface area contributed by atoms with Crippen molar-refractivity contribution < 1.29 is 56.0 Å². The van der Waals surface area contributed by atoms with E-state index < -0.39 is 30.3 Å². The molecule has 2 aromatic rings. The Bertz CT molecular complexity index is 1270. The lowest BCUT2D eigenvalue weighted by Gasteiger charge is -2.29. The maximum absolute atomic E-state index is 11.0. The van der Waals surface area contributed by atoms with Gasteiger partial charge >= 0.3 is 30.3 Å². The molecule has 2 aliphatic rings. The molecule has 8 nitrogen and oxygen atoms in total. The fraction of sp³-hybridized carbons (Fsp3) is 0.469. The Hall–Kier alpha value is -3.91. The summed E-state index contributed by atoms with van der Waals surface area (Å²) in [7, 11) is 0. The summed E-state index contributed by atoms with van der Waals surface area (Å²) in [6.07, 6.45) is -0.361. The van der Waals surface area contributed by atoms with Gasteiger partial charge in [-0.25, -0.2) is 14.4 Å². The summed E-state index contributed by atoms with van der Waals surface area (Å²) < 4.78 is 63.5. The highest BCUT2D eigenvalue weighted by Gasteiger charge is 2.40. The van der Waals surface area contributed by atoms with E-state index >= 15 is 0 Å². The minimum atomic E-state index is -5.08. The second kappa shape index (κ2) is 17.7. The fourth-order valence-corrected chi connectivity index (χ4v) is 4.98. The number of halogens is 6. The predicted molar refractivity (Wildman–Crippen MR) is 158 cm³/mol. The van der Waals surface area contributed by atoms with E-state index in [1.54, 1.807) is 17.7 Å². The quantitative estimate of drug-likeness (QED) is 0.176. The average Bonchev–Trinajstić information content (AvgIpc) is 3.78. The summed E-state index contributed by atoms with van der Waals surface area (Å²) in [5, 5.41) is 30.8. The molecule has 0 aliphatic heterocycles. The molecule has 2 aliphatic carbocycles. The highest BCUT2D eigenvalue weighted by atomic mass is 19.4. The van der Waals surface area contributed by atoms with Crippen molar-refractivity contribution in [2.75, 3.05) is 6.54 Å². The van der Waals surface area contributed by atoms with Crippen LogP contribution in [0.15, 0.2) is 60.2 Å². The second-order valence-electron chi connectivity index (χ2n) is 11.0. The van der Waals surface area contributed by atoms with Crippen molar-refractivity contribution in [3.63, 3.8) is 0 Å². The maximum atomic E-state index is 11.0. The first-order valence-corrected chi connectivity index (χ1v) is 14.7. The van der Waals surface area contributed by atoms with Gasteiger partial charge in [0.25, 0.3) is 0 Å². The van der Waals surface area contributed by atoms with Crippen LogP contribution >= 0.6 is 0 Å². The van der Waals surface area contributed by atoms with E-state index in [0.717, 1.165) is 31.0 Å². The van der Waals surface area contributed by atoms with Crippen LogP contribution < -0.4 is 10.6 Å². The lowest BCUT2D eigenvalue weighted by Crippen LogP contribution is -2.36. The largest absolute Gasteiger partial charge is 0.490 e. The number of hydrogen-bond donors (Lipinski definition) is 5. The van der Waals surface area contributed by atoms with Gasteiger partial charge in [-0.2, -0.15) is 26.3 Å². The molecule has 254 valence electrons. The van der Waals surface area contributed by atoms with Crippen molar-refractivity contribution in [1.82, 2.24) is 10.6 Å². The summed E-state index contributed by atoms with van der Waals surface area (Å²) in [6.45, 7) is 4.23. The Labute approximate surface area is 262 Å². The molecule has 2 atom stereocenters. The van der Waals surface area contributed by atoms with Crippen LogP contribution in [0.3, 0.4) is 0 Å². The number of rotatable bonds is 10. The van der Waals surface area contributed by atoms with Crippen LogP contribution in [-0.2, 0) is 16.1 Å². The lowest BCUT2D eigenvalue weighted by atomic mass is 9.86. The lowest BCUT2D eigenvalue weighted by molar-refractivity contribution is -0.193. The molecular weight excluding hydrogens is 622 g/mol. The number of carbonyl (C=O) groups is 3. The number of aromatic carboxylic acids is 1. The highest BCUT2D eigenvalue weighted by Crippen LogP contribution is 2.40. The van der Waals surface area contributed by atoms with E-state index in [0.29, 0.717) is 23.6 Å². The topological polar surface area (TPSA) is 136 Å². The summed E-state index contributed by atoms with van der Waals surface area (Å²) in [5.41, 5.74) is 4.40. The Morgan fingerprint density at radius 1 is 0.804 bits per heavy atom. The fourth-order valence-electron chi connectivity index (χ4n) is 4.98. The average molecular weight is 661 g/mol. The van der Waals surface area contributed by atoms with Crippen LogP contribution in [0.25, 0.3) is 6.08 Å². The Kier molecular flexibility index (Phi) is 14.7. The number of carboxylic acid groups (broad SMARTS) is 3. The zero-order valence-electron chi connectivity index (χ0n) is 25.1. The van der Waals surface area contributed by atoms with Gasteiger partial charge in [-0.15, -0.1) is 0 Å². The number of benzene rings is 2. The molecule has 0 heterocycles. The first kappa shape index (κ1) is 38.3. The van der Waals surface area contributed by atoms with Crippen LogP contribution in [-0.4, -0.2) is 64.2 Å². The maximum Gasteiger partial charge on any atom is 0.490 e. The van der Waals surface area contributed by atoms with Crippen LogP contribution in [0.1, 0.15) is 66.9 Å². The van der Waals surface area contributed by atoms with Gasteiger partial charge in [-0.3, -0.25) is 0 Å². The first-order valence-electron chi connectivity index (χ1n) is 14.7. The van der Waals surface area contributed by atoms with Gasteiger partial charge in [-0.05, 0) is 80.2 Å². The van der Waals surface area contributed by atoms with Gasteiger partial charge in [0.15, 0.2) is 0 Å². The standard InChI is InChI=1S/C28H36N2O2.2C2HF3O2/c1-2-23(16-20-6-4-3-5-7-20)26-17-27(26)30-19-22-10-14-25(15-11-22)29-18-21-8-12-24(13-9-21)28(31)32;2*3-2(4,5)1(6)7/h3-9,12-13,16,22,25-27,29-30H,2,10-11,14-15,17-19H2,1H3,(H,31,32);2*(H,6,7)/b23-16+;;/t22?,25?,26-,27+;;/m0../s1. The molecule has 0 spiro atoms. The summed E-state index contributed by atoms with van der Waals surface area (Å²) in [6, 6.07) is 19.1. The molecule has 14 heteroatoms. The number of hydrogen-bond acceptors (Lipinski definition) is 5. The molecule has 2 aromatic carbocycles. The molecule has 0 amide bonds. The highest BCUT2D eigenvalue weighted by molar-refractivity contribution is 5.87. The van der Waals surface area contributed by atoms with E-state index in [-0.39, 0.29) is 0 Å². The number of alkyl halides is 6. The van der Waals surface area contributed by atoms with Crippen molar-refractivity contribution in [3.05, 3.63) is 76.9 Å². The van der Waals surface area contributed by atoms with Crippen molar-refractivity contribution in [1.29, 1.82) is 0 Å². The number of nitrogens with one attached hydrogen (secondary N) is 2.